The molecule has 1 aromatic heterocycles. The molecule has 5 heteroatoms. The average Bonchev–Trinajstić information content (AvgIpc) is 2.78. The van der Waals surface area contributed by atoms with Crippen LogP contribution in [-0.2, 0) is 9.53 Å². The maximum Gasteiger partial charge on any atom is 0.310 e. The molecule has 1 aliphatic heterocycles. The minimum Gasteiger partial charge on any atom is -0.469 e. The minimum absolute atomic E-state index is 0. The minimum atomic E-state index is -0.145. The van der Waals surface area contributed by atoms with Gasteiger partial charge in [-0.25, -0.2) is 0 Å². The summed E-state index contributed by atoms with van der Waals surface area (Å²) in [7, 11) is 1.43. The van der Waals surface area contributed by atoms with E-state index in [2.05, 4.69) is 10.3 Å². The van der Waals surface area contributed by atoms with Gasteiger partial charge in [0.1, 0.15) is 0 Å². The van der Waals surface area contributed by atoms with Gasteiger partial charge in [0.05, 0.1) is 13.0 Å². The normalized spacial score (nSPS) is 23.6. The van der Waals surface area contributed by atoms with Crippen LogP contribution in [0.1, 0.15) is 11.5 Å². The van der Waals surface area contributed by atoms with Crippen LogP contribution in [0.4, 0.5) is 0 Å². The lowest BCUT2D eigenvalue weighted by atomic mass is 9.90. The highest BCUT2D eigenvalue weighted by atomic mass is 35.5. The molecule has 4 nitrogen and oxygen atoms in total. The van der Waals surface area contributed by atoms with Gasteiger partial charge in [-0.15, -0.1) is 12.4 Å². The molecule has 2 heterocycles. The molecule has 0 amide bonds. The molecule has 1 aromatic rings. The molecular weight excluding hydrogens is 228 g/mol. The fourth-order valence-electron chi connectivity index (χ4n) is 2.02. The number of rotatable bonds is 2. The van der Waals surface area contributed by atoms with Crippen molar-refractivity contribution in [1.29, 1.82) is 0 Å². The summed E-state index contributed by atoms with van der Waals surface area (Å²) in [6, 6.07) is 3.89. The Bertz CT molecular complexity index is 345. The van der Waals surface area contributed by atoms with Gasteiger partial charge in [-0.1, -0.05) is 6.07 Å². The summed E-state index contributed by atoms with van der Waals surface area (Å²) in [5.41, 5.74) is 1.10. The lowest BCUT2D eigenvalue weighted by Gasteiger charge is -2.15. The Morgan fingerprint density at radius 1 is 1.56 bits per heavy atom. The lowest BCUT2D eigenvalue weighted by Crippen LogP contribution is -2.22. The SMILES string of the molecule is COC(=O)[C@H]1CNC[C@H]1c1cccnc1.Cl. The molecule has 0 radical (unpaired) electrons. The highest BCUT2D eigenvalue weighted by molar-refractivity contribution is 5.85. The standard InChI is InChI=1S/C11H14N2O2.ClH/c1-15-11(14)10-7-13-6-9(10)8-3-2-4-12-5-8;/h2-5,9-10,13H,6-7H2,1H3;1H/t9-,10-;/m0./s1. The van der Waals surface area contributed by atoms with Crippen molar-refractivity contribution >= 4 is 18.4 Å². The smallest absolute Gasteiger partial charge is 0.310 e. The van der Waals surface area contributed by atoms with Crippen molar-refractivity contribution in [2.24, 2.45) is 5.92 Å². The van der Waals surface area contributed by atoms with E-state index in [1.165, 1.54) is 7.11 Å². The summed E-state index contributed by atoms with van der Waals surface area (Å²) in [5, 5.41) is 3.21. The van der Waals surface area contributed by atoms with E-state index in [1.54, 1.807) is 6.20 Å². The number of carbonyl (C=O) groups is 1. The molecule has 88 valence electrons. The molecule has 1 saturated heterocycles. The van der Waals surface area contributed by atoms with Crippen molar-refractivity contribution in [1.82, 2.24) is 10.3 Å². The number of methoxy groups -OCH3 is 1. The zero-order chi connectivity index (χ0) is 10.7. The van der Waals surface area contributed by atoms with Gasteiger partial charge >= 0.3 is 5.97 Å². The molecule has 2 atom stereocenters. The number of nitrogens with one attached hydrogen (secondary N) is 1. The van der Waals surface area contributed by atoms with Gasteiger partial charge in [-0.05, 0) is 11.6 Å². The van der Waals surface area contributed by atoms with E-state index >= 15 is 0 Å². The van der Waals surface area contributed by atoms with Crippen molar-refractivity contribution < 1.29 is 9.53 Å². The Labute approximate surface area is 101 Å². The van der Waals surface area contributed by atoms with Crippen molar-refractivity contribution in [3.05, 3.63) is 30.1 Å². The lowest BCUT2D eigenvalue weighted by molar-refractivity contribution is -0.145. The number of nitrogens with zero attached hydrogens (tertiary/aromatic N) is 1. The van der Waals surface area contributed by atoms with Gasteiger partial charge in [0.15, 0.2) is 0 Å². The topological polar surface area (TPSA) is 51.2 Å². The highest BCUT2D eigenvalue weighted by Gasteiger charge is 2.34. The summed E-state index contributed by atoms with van der Waals surface area (Å²) < 4.78 is 4.79. The van der Waals surface area contributed by atoms with Gasteiger partial charge in [-0.3, -0.25) is 9.78 Å². The quantitative estimate of drug-likeness (QED) is 0.786. The number of ether oxygens (including phenoxy) is 1. The van der Waals surface area contributed by atoms with E-state index in [-0.39, 0.29) is 30.2 Å². The van der Waals surface area contributed by atoms with Crippen LogP contribution in [0.15, 0.2) is 24.5 Å². The average molecular weight is 243 g/mol. The molecule has 1 fully saturated rings. The molecule has 0 spiro atoms. The molecule has 0 bridgehead atoms. The van der Waals surface area contributed by atoms with Gasteiger partial charge in [-0.2, -0.15) is 0 Å². The maximum atomic E-state index is 11.5. The molecule has 0 aliphatic carbocycles. The Balaban J connectivity index is 0.00000128. The summed E-state index contributed by atoms with van der Waals surface area (Å²) in [6.07, 6.45) is 3.55. The summed E-state index contributed by atoms with van der Waals surface area (Å²) >= 11 is 0. The maximum absolute atomic E-state index is 11.5. The molecule has 0 unspecified atom stereocenters. The van der Waals surface area contributed by atoms with Gasteiger partial charge < -0.3 is 10.1 Å². The number of aromatic nitrogens is 1. The van der Waals surface area contributed by atoms with Crippen LogP contribution < -0.4 is 5.32 Å². The zero-order valence-corrected chi connectivity index (χ0v) is 9.87. The number of hydrogen-bond acceptors (Lipinski definition) is 4. The Morgan fingerprint density at radius 2 is 2.38 bits per heavy atom. The zero-order valence-electron chi connectivity index (χ0n) is 9.05. The van der Waals surface area contributed by atoms with E-state index in [9.17, 15) is 4.79 Å². The van der Waals surface area contributed by atoms with E-state index in [0.717, 1.165) is 12.1 Å². The van der Waals surface area contributed by atoms with E-state index < -0.39 is 0 Å². The van der Waals surface area contributed by atoms with E-state index in [0.29, 0.717) is 6.54 Å². The molecule has 1 aliphatic rings. The first kappa shape index (κ1) is 12.9. The van der Waals surface area contributed by atoms with E-state index in [4.69, 9.17) is 4.74 Å². The largest absolute Gasteiger partial charge is 0.469 e. The molecule has 0 aromatic carbocycles. The summed E-state index contributed by atoms with van der Waals surface area (Å²) in [6.45, 7) is 1.50. The fraction of sp³-hybridized carbons (Fsp3) is 0.455. The van der Waals surface area contributed by atoms with Crippen LogP contribution in [0.2, 0.25) is 0 Å². The van der Waals surface area contributed by atoms with Gasteiger partial charge in [0, 0.05) is 31.4 Å². The number of esters is 1. The van der Waals surface area contributed by atoms with Crippen LogP contribution in [0.25, 0.3) is 0 Å². The van der Waals surface area contributed by atoms with Crippen molar-refractivity contribution in [2.75, 3.05) is 20.2 Å². The van der Waals surface area contributed by atoms with Gasteiger partial charge in [0.2, 0.25) is 0 Å². The predicted octanol–water partition coefficient (Wildman–Crippen LogP) is 0.979. The van der Waals surface area contributed by atoms with Crippen LogP contribution in [-0.4, -0.2) is 31.2 Å². The second-order valence-electron chi connectivity index (χ2n) is 3.68. The third-order valence-electron chi connectivity index (χ3n) is 2.83. The van der Waals surface area contributed by atoms with E-state index in [1.807, 2.05) is 18.3 Å². The molecule has 0 saturated carbocycles. The van der Waals surface area contributed by atoms with Crippen LogP contribution in [0, 0.1) is 5.92 Å². The third kappa shape index (κ3) is 2.51. The number of halogens is 1. The summed E-state index contributed by atoms with van der Waals surface area (Å²) in [4.78, 5) is 15.6. The third-order valence-corrected chi connectivity index (χ3v) is 2.83. The first-order valence-electron chi connectivity index (χ1n) is 5.01. The number of pyridine rings is 1. The second-order valence-corrected chi connectivity index (χ2v) is 3.68. The molecular formula is C11H15ClN2O2. The van der Waals surface area contributed by atoms with Crippen molar-refractivity contribution in [2.45, 2.75) is 5.92 Å². The number of hydrogen-bond donors (Lipinski definition) is 1. The molecule has 1 N–H and O–H groups in total. The first-order valence-corrected chi connectivity index (χ1v) is 5.01. The fourth-order valence-corrected chi connectivity index (χ4v) is 2.02. The summed E-state index contributed by atoms with van der Waals surface area (Å²) in [5.74, 6) is -0.0424. The van der Waals surface area contributed by atoms with Crippen LogP contribution in [0.3, 0.4) is 0 Å². The predicted molar refractivity (Wildman–Crippen MR) is 62.6 cm³/mol. The Hall–Kier alpha value is -1.13. The van der Waals surface area contributed by atoms with Crippen LogP contribution >= 0.6 is 12.4 Å². The number of carbonyl (C=O) groups excluding carboxylic acids is 1. The molecule has 16 heavy (non-hydrogen) atoms. The monoisotopic (exact) mass is 242 g/mol. The highest BCUT2D eigenvalue weighted by Crippen LogP contribution is 2.28. The van der Waals surface area contributed by atoms with Crippen molar-refractivity contribution in [3.63, 3.8) is 0 Å². The van der Waals surface area contributed by atoms with Crippen molar-refractivity contribution in [3.8, 4) is 0 Å². The second kappa shape index (κ2) is 5.82. The Kier molecular flexibility index (Phi) is 4.71. The first-order chi connectivity index (χ1) is 7.33. The van der Waals surface area contributed by atoms with Gasteiger partial charge in [0.25, 0.3) is 0 Å². The Morgan fingerprint density at radius 3 is 3.00 bits per heavy atom. The molecule has 2 rings (SSSR count). The van der Waals surface area contributed by atoms with Crippen LogP contribution in [0.5, 0.6) is 0 Å².